The van der Waals surface area contributed by atoms with Gasteiger partial charge >= 0.3 is 0 Å². The van der Waals surface area contributed by atoms with Crippen LogP contribution in [0.3, 0.4) is 0 Å². The highest BCUT2D eigenvalue weighted by Gasteiger charge is 2.14. The first-order valence-corrected chi connectivity index (χ1v) is 3.16. The van der Waals surface area contributed by atoms with Gasteiger partial charge in [-0.25, -0.2) is 4.98 Å². The molecule has 1 aromatic rings. The van der Waals surface area contributed by atoms with Gasteiger partial charge in [-0.05, 0) is 0 Å². The van der Waals surface area contributed by atoms with Crippen LogP contribution in [0.25, 0.3) is 0 Å². The average molecular weight is 174 g/mol. The molecule has 1 aliphatic rings. The van der Waals surface area contributed by atoms with Crippen molar-refractivity contribution in [2.24, 2.45) is 0 Å². The number of hydrogen-bond donors (Lipinski definition) is 1. The highest BCUT2D eigenvalue weighted by Crippen LogP contribution is 2.01. The Balaban J connectivity index is 0.000000605. The maximum absolute atomic E-state index is 11.0. The van der Waals surface area contributed by atoms with E-state index in [0.717, 1.165) is 6.54 Å². The number of imidazole rings is 1. The van der Waals surface area contributed by atoms with Crippen LogP contribution in [-0.4, -0.2) is 22.0 Å². The minimum atomic E-state index is -0.0243. The largest absolute Gasteiger partial charge is 0.349 e. The maximum Gasteiger partial charge on any atom is 0.269 e. The standard InChI is InChI=1S/C6H7N3O.ClH/c10-6-5-3-7-4-9(5)2-1-8-6;/h3-4H,1-2H2,(H,8,10);1H. The fourth-order valence-corrected chi connectivity index (χ4v) is 1.07. The second-order valence-electron chi connectivity index (χ2n) is 2.23. The molecule has 0 spiro atoms. The van der Waals surface area contributed by atoms with Crippen LogP contribution < -0.4 is 5.32 Å². The Labute approximate surface area is 70.0 Å². The summed E-state index contributed by atoms with van der Waals surface area (Å²) in [6.07, 6.45) is 3.25. The summed E-state index contributed by atoms with van der Waals surface area (Å²) >= 11 is 0. The molecule has 5 heteroatoms. The molecule has 0 saturated heterocycles. The van der Waals surface area contributed by atoms with Crippen LogP contribution in [0.15, 0.2) is 12.5 Å². The third-order valence-corrected chi connectivity index (χ3v) is 1.58. The minimum absolute atomic E-state index is 0. The molecule has 1 amide bonds. The molecule has 1 aromatic heterocycles. The van der Waals surface area contributed by atoms with Gasteiger partial charge in [0.1, 0.15) is 5.69 Å². The molecule has 11 heavy (non-hydrogen) atoms. The van der Waals surface area contributed by atoms with Crippen LogP contribution in [0.5, 0.6) is 0 Å². The summed E-state index contributed by atoms with van der Waals surface area (Å²) < 4.78 is 1.85. The molecule has 1 N–H and O–H groups in total. The topological polar surface area (TPSA) is 46.9 Å². The molecule has 2 heterocycles. The Hall–Kier alpha value is -1.03. The second kappa shape index (κ2) is 2.92. The van der Waals surface area contributed by atoms with Crippen molar-refractivity contribution >= 4 is 18.3 Å². The number of nitrogens with zero attached hydrogens (tertiary/aromatic N) is 2. The van der Waals surface area contributed by atoms with Crippen LogP contribution >= 0.6 is 12.4 Å². The SMILES string of the molecule is Cl.O=C1NCCn2cncc21. The summed E-state index contributed by atoms with van der Waals surface area (Å²) in [4.78, 5) is 14.8. The van der Waals surface area contributed by atoms with Gasteiger partial charge in [0, 0.05) is 13.1 Å². The molecule has 0 fully saturated rings. The molecule has 4 nitrogen and oxygen atoms in total. The number of fused-ring (bicyclic) bond motifs is 1. The Morgan fingerprint density at radius 3 is 3.18 bits per heavy atom. The molecule has 0 unspecified atom stereocenters. The van der Waals surface area contributed by atoms with Crippen LogP contribution in [0.2, 0.25) is 0 Å². The first-order valence-electron chi connectivity index (χ1n) is 3.16. The first kappa shape index (κ1) is 8.07. The van der Waals surface area contributed by atoms with Crippen molar-refractivity contribution in [3.63, 3.8) is 0 Å². The fourth-order valence-electron chi connectivity index (χ4n) is 1.07. The van der Waals surface area contributed by atoms with Crippen LogP contribution in [0.1, 0.15) is 10.5 Å². The number of hydrogen-bond acceptors (Lipinski definition) is 2. The third kappa shape index (κ3) is 1.21. The number of nitrogens with one attached hydrogen (secondary N) is 1. The van der Waals surface area contributed by atoms with Crippen molar-refractivity contribution in [1.29, 1.82) is 0 Å². The lowest BCUT2D eigenvalue weighted by atomic mass is 10.3. The average Bonchev–Trinajstić information content (AvgIpc) is 2.36. The summed E-state index contributed by atoms with van der Waals surface area (Å²) in [6, 6.07) is 0. The summed E-state index contributed by atoms with van der Waals surface area (Å²) in [6.45, 7) is 1.54. The lowest BCUT2D eigenvalue weighted by Gasteiger charge is -2.13. The zero-order valence-electron chi connectivity index (χ0n) is 5.78. The summed E-state index contributed by atoms with van der Waals surface area (Å²) in [5.41, 5.74) is 0.659. The summed E-state index contributed by atoms with van der Waals surface area (Å²) in [7, 11) is 0. The summed E-state index contributed by atoms with van der Waals surface area (Å²) in [5, 5.41) is 2.72. The van der Waals surface area contributed by atoms with E-state index in [-0.39, 0.29) is 18.3 Å². The van der Waals surface area contributed by atoms with Crippen LogP contribution in [-0.2, 0) is 6.54 Å². The number of aromatic nitrogens is 2. The highest BCUT2D eigenvalue weighted by atomic mass is 35.5. The monoisotopic (exact) mass is 173 g/mol. The van der Waals surface area contributed by atoms with Crippen molar-refractivity contribution in [2.45, 2.75) is 6.54 Å². The van der Waals surface area contributed by atoms with E-state index in [1.54, 1.807) is 12.5 Å². The van der Waals surface area contributed by atoms with Gasteiger partial charge in [0.15, 0.2) is 0 Å². The van der Waals surface area contributed by atoms with Gasteiger partial charge in [0.25, 0.3) is 5.91 Å². The van der Waals surface area contributed by atoms with Gasteiger partial charge in [-0.15, -0.1) is 12.4 Å². The van der Waals surface area contributed by atoms with Crippen LogP contribution in [0.4, 0.5) is 0 Å². The first-order chi connectivity index (χ1) is 4.88. The van der Waals surface area contributed by atoms with E-state index >= 15 is 0 Å². The minimum Gasteiger partial charge on any atom is -0.349 e. The normalized spacial score (nSPS) is 14.7. The zero-order chi connectivity index (χ0) is 6.97. The number of carbonyl (C=O) groups excluding carboxylic acids is 1. The molecule has 0 saturated carbocycles. The quantitative estimate of drug-likeness (QED) is 0.603. The van der Waals surface area contributed by atoms with E-state index in [2.05, 4.69) is 10.3 Å². The smallest absolute Gasteiger partial charge is 0.269 e. The molecular formula is C6H8ClN3O. The molecule has 0 bridgehead atoms. The lowest BCUT2D eigenvalue weighted by Crippen LogP contribution is -2.34. The van der Waals surface area contributed by atoms with E-state index in [9.17, 15) is 4.79 Å². The predicted octanol–water partition coefficient (Wildman–Crippen LogP) is 0.0483. The molecule has 2 rings (SSSR count). The molecule has 0 radical (unpaired) electrons. The van der Waals surface area contributed by atoms with E-state index in [1.165, 1.54) is 0 Å². The van der Waals surface area contributed by atoms with Crippen molar-refractivity contribution in [3.05, 3.63) is 18.2 Å². The second-order valence-corrected chi connectivity index (χ2v) is 2.23. The van der Waals surface area contributed by atoms with E-state index in [1.807, 2.05) is 4.57 Å². The maximum atomic E-state index is 11.0. The van der Waals surface area contributed by atoms with Gasteiger partial charge in [0.05, 0.1) is 12.5 Å². The van der Waals surface area contributed by atoms with Crippen molar-refractivity contribution in [3.8, 4) is 0 Å². The Bertz CT molecular complexity index is 271. The molecule has 1 aliphatic heterocycles. The molecule has 0 aromatic carbocycles. The molecular weight excluding hydrogens is 166 g/mol. The fraction of sp³-hybridized carbons (Fsp3) is 0.333. The number of amides is 1. The number of halogens is 1. The number of carbonyl (C=O) groups is 1. The van der Waals surface area contributed by atoms with E-state index in [4.69, 9.17) is 0 Å². The lowest BCUT2D eigenvalue weighted by molar-refractivity contribution is 0.0928. The van der Waals surface area contributed by atoms with Crippen molar-refractivity contribution in [1.82, 2.24) is 14.9 Å². The van der Waals surface area contributed by atoms with Crippen LogP contribution in [0, 0.1) is 0 Å². The summed E-state index contributed by atoms with van der Waals surface area (Å²) in [5.74, 6) is -0.0243. The van der Waals surface area contributed by atoms with Gasteiger partial charge in [-0.2, -0.15) is 0 Å². The Morgan fingerprint density at radius 1 is 1.64 bits per heavy atom. The van der Waals surface area contributed by atoms with Crippen molar-refractivity contribution < 1.29 is 4.79 Å². The zero-order valence-corrected chi connectivity index (χ0v) is 6.60. The van der Waals surface area contributed by atoms with Crippen molar-refractivity contribution in [2.75, 3.05) is 6.54 Å². The Kier molecular flexibility index (Phi) is 2.14. The molecule has 0 aliphatic carbocycles. The Morgan fingerprint density at radius 2 is 2.45 bits per heavy atom. The number of rotatable bonds is 0. The molecule has 60 valence electrons. The van der Waals surface area contributed by atoms with E-state index < -0.39 is 0 Å². The van der Waals surface area contributed by atoms with Gasteiger partial charge in [-0.1, -0.05) is 0 Å². The van der Waals surface area contributed by atoms with Gasteiger partial charge in [-0.3, -0.25) is 4.79 Å². The van der Waals surface area contributed by atoms with E-state index in [0.29, 0.717) is 12.2 Å². The molecule has 0 atom stereocenters. The predicted molar refractivity (Wildman–Crippen MR) is 41.8 cm³/mol. The van der Waals surface area contributed by atoms with Gasteiger partial charge < -0.3 is 9.88 Å². The highest BCUT2D eigenvalue weighted by molar-refractivity contribution is 5.92. The third-order valence-electron chi connectivity index (χ3n) is 1.58. The van der Waals surface area contributed by atoms with Gasteiger partial charge in [0.2, 0.25) is 0 Å².